The van der Waals surface area contributed by atoms with Crippen LogP contribution in [0.25, 0.3) is 0 Å². The summed E-state index contributed by atoms with van der Waals surface area (Å²) in [6, 6.07) is 14.3. The number of alkyl halides is 1. The van der Waals surface area contributed by atoms with Crippen molar-refractivity contribution in [1.29, 1.82) is 0 Å². The molecule has 0 amide bonds. The first-order valence-corrected chi connectivity index (χ1v) is 8.30. The van der Waals surface area contributed by atoms with E-state index < -0.39 is 0 Å². The SMILES string of the molecule is O=C(c1ccccc1)c1cc(Cl)ccc1OCCCCBr. The van der Waals surface area contributed by atoms with Crippen molar-refractivity contribution in [3.63, 3.8) is 0 Å². The fourth-order valence-electron chi connectivity index (χ4n) is 1.93. The molecular formula is C17H16BrClO2. The number of hydrogen-bond donors (Lipinski definition) is 0. The van der Waals surface area contributed by atoms with Crippen LogP contribution in [0.5, 0.6) is 5.75 Å². The number of benzene rings is 2. The summed E-state index contributed by atoms with van der Waals surface area (Å²) in [5.74, 6) is 0.511. The first kappa shape index (κ1) is 16.1. The standard InChI is InChI=1S/C17H16BrClO2/c18-10-4-5-11-21-16-9-8-14(19)12-15(16)17(20)13-6-2-1-3-7-13/h1-3,6-9,12H,4-5,10-11H2. The molecule has 0 saturated carbocycles. The van der Waals surface area contributed by atoms with Crippen LogP contribution >= 0.6 is 27.5 Å². The highest BCUT2D eigenvalue weighted by molar-refractivity contribution is 9.09. The molecule has 0 saturated heterocycles. The summed E-state index contributed by atoms with van der Waals surface area (Å²) in [6.45, 7) is 0.586. The van der Waals surface area contributed by atoms with Gasteiger partial charge in [0, 0.05) is 15.9 Å². The number of halogens is 2. The van der Waals surface area contributed by atoms with Crippen molar-refractivity contribution in [1.82, 2.24) is 0 Å². The summed E-state index contributed by atoms with van der Waals surface area (Å²) >= 11 is 9.40. The molecule has 2 aromatic carbocycles. The number of carbonyl (C=O) groups excluding carboxylic acids is 1. The van der Waals surface area contributed by atoms with Crippen LogP contribution in [0.15, 0.2) is 48.5 Å². The topological polar surface area (TPSA) is 26.3 Å². The van der Waals surface area contributed by atoms with Crippen molar-refractivity contribution in [2.75, 3.05) is 11.9 Å². The van der Waals surface area contributed by atoms with E-state index in [9.17, 15) is 4.79 Å². The van der Waals surface area contributed by atoms with Gasteiger partial charge in [-0.2, -0.15) is 0 Å². The normalized spacial score (nSPS) is 10.4. The Balaban J connectivity index is 2.21. The lowest BCUT2D eigenvalue weighted by molar-refractivity contribution is 0.103. The van der Waals surface area contributed by atoms with E-state index in [1.54, 1.807) is 30.3 Å². The lowest BCUT2D eigenvalue weighted by Gasteiger charge is -2.11. The predicted octanol–water partition coefficient (Wildman–Crippen LogP) is 5.12. The van der Waals surface area contributed by atoms with Gasteiger partial charge in [0.1, 0.15) is 5.75 Å². The van der Waals surface area contributed by atoms with Crippen LogP contribution in [0, 0.1) is 0 Å². The lowest BCUT2D eigenvalue weighted by Crippen LogP contribution is -2.06. The van der Waals surface area contributed by atoms with E-state index in [1.807, 2.05) is 18.2 Å². The van der Waals surface area contributed by atoms with E-state index in [1.165, 1.54) is 0 Å². The van der Waals surface area contributed by atoms with Gasteiger partial charge in [0.05, 0.1) is 12.2 Å². The molecule has 0 aliphatic carbocycles. The number of unbranched alkanes of at least 4 members (excludes halogenated alkanes) is 1. The molecule has 0 aliphatic heterocycles. The second kappa shape index (κ2) is 8.20. The number of rotatable bonds is 7. The van der Waals surface area contributed by atoms with E-state index in [0.29, 0.717) is 28.5 Å². The molecule has 2 nitrogen and oxygen atoms in total. The minimum absolute atomic E-state index is 0.0754. The Morgan fingerprint density at radius 1 is 1.10 bits per heavy atom. The van der Waals surface area contributed by atoms with Gasteiger partial charge in [-0.1, -0.05) is 57.9 Å². The van der Waals surface area contributed by atoms with E-state index in [0.717, 1.165) is 18.2 Å². The molecule has 0 aliphatic rings. The molecular weight excluding hydrogens is 352 g/mol. The van der Waals surface area contributed by atoms with Gasteiger partial charge in [-0.25, -0.2) is 0 Å². The Bertz CT molecular complexity index is 599. The van der Waals surface area contributed by atoms with Crippen molar-refractivity contribution >= 4 is 33.3 Å². The summed E-state index contributed by atoms with van der Waals surface area (Å²) < 4.78 is 5.74. The van der Waals surface area contributed by atoms with Crippen molar-refractivity contribution < 1.29 is 9.53 Å². The Labute approximate surface area is 138 Å². The fraction of sp³-hybridized carbons (Fsp3) is 0.235. The van der Waals surface area contributed by atoms with Gasteiger partial charge < -0.3 is 4.74 Å². The molecule has 2 rings (SSSR count). The summed E-state index contributed by atoms with van der Waals surface area (Å²) in [5.41, 5.74) is 1.14. The van der Waals surface area contributed by atoms with Crippen LogP contribution in [0.3, 0.4) is 0 Å². The molecule has 4 heteroatoms. The van der Waals surface area contributed by atoms with E-state index in [4.69, 9.17) is 16.3 Å². The summed E-state index contributed by atoms with van der Waals surface area (Å²) in [4.78, 5) is 12.6. The zero-order valence-corrected chi connectivity index (χ0v) is 13.9. The van der Waals surface area contributed by atoms with Gasteiger partial charge in [0.2, 0.25) is 0 Å². The minimum atomic E-state index is -0.0754. The maximum absolute atomic E-state index is 12.6. The van der Waals surface area contributed by atoms with Gasteiger partial charge in [-0.3, -0.25) is 4.79 Å². The average molecular weight is 368 g/mol. The Morgan fingerprint density at radius 3 is 2.57 bits per heavy atom. The van der Waals surface area contributed by atoms with E-state index >= 15 is 0 Å². The highest BCUT2D eigenvalue weighted by atomic mass is 79.9. The van der Waals surface area contributed by atoms with Gasteiger partial charge >= 0.3 is 0 Å². The largest absolute Gasteiger partial charge is 0.493 e. The van der Waals surface area contributed by atoms with Crippen LogP contribution in [-0.2, 0) is 0 Å². The van der Waals surface area contributed by atoms with Crippen molar-refractivity contribution in [3.8, 4) is 5.75 Å². The highest BCUT2D eigenvalue weighted by Gasteiger charge is 2.15. The molecule has 21 heavy (non-hydrogen) atoms. The van der Waals surface area contributed by atoms with Crippen LogP contribution < -0.4 is 4.74 Å². The van der Waals surface area contributed by atoms with Crippen molar-refractivity contribution in [2.24, 2.45) is 0 Å². The number of carbonyl (C=O) groups is 1. The maximum atomic E-state index is 12.6. The van der Waals surface area contributed by atoms with Crippen LogP contribution in [0.1, 0.15) is 28.8 Å². The summed E-state index contributed by atoms with van der Waals surface area (Å²) in [7, 11) is 0. The maximum Gasteiger partial charge on any atom is 0.196 e. The third-order valence-corrected chi connectivity index (χ3v) is 3.80. The summed E-state index contributed by atoms with van der Waals surface area (Å²) in [5, 5.41) is 1.48. The molecule has 2 aromatic rings. The second-order valence-electron chi connectivity index (χ2n) is 4.58. The quantitative estimate of drug-likeness (QED) is 0.385. The molecule has 0 N–H and O–H groups in total. The average Bonchev–Trinajstić information content (AvgIpc) is 2.53. The van der Waals surface area contributed by atoms with Crippen LogP contribution in [0.4, 0.5) is 0 Å². The molecule has 0 bridgehead atoms. The van der Waals surface area contributed by atoms with Crippen molar-refractivity contribution in [2.45, 2.75) is 12.8 Å². The number of ketones is 1. The van der Waals surface area contributed by atoms with Gasteiger partial charge in [-0.05, 0) is 31.0 Å². The molecule has 0 atom stereocenters. The summed E-state index contributed by atoms with van der Waals surface area (Å²) in [6.07, 6.45) is 1.97. The molecule has 0 radical (unpaired) electrons. The molecule has 0 aromatic heterocycles. The van der Waals surface area contributed by atoms with Gasteiger partial charge in [-0.15, -0.1) is 0 Å². The second-order valence-corrected chi connectivity index (χ2v) is 5.81. The minimum Gasteiger partial charge on any atom is -0.493 e. The molecule has 0 spiro atoms. The van der Waals surface area contributed by atoms with Crippen LogP contribution in [-0.4, -0.2) is 17.7 Å². The van der Waals surface area contributed by atoms with Crippen LogP contribution in [0.2, 0.25) is 5.02 Å². The van der Waals surface area contributed by atoms with E-state index in [2.05, 4.69) is 15.9 Å². The first-order valence-electron chi connectivity index (χ1n) is 6.80. The Morgan fingerprint density at radius 2 is 1.86 bits per heavy atom. The Hall–Kier alpha value is -1.32. The van der Waals surface area contributed by atoms with Crippen molar-refractivity contribution in [3.05, 3.63) is 64.7 Å². The monoisotopic (exact) mass is 366 g/mol. The van der Waals surface area contributed by atoms with Gasteiger partial charge in [0.15, 0.2) is 5.78 Å². The van der Waals surface area contributed by atoms with E-state index in [-0.39, 0.29) is 5.78 Å². The highest BCUT2D eigenvalue weighted by Crippen LogP contribution is 2.25. The fourth-order valence-corrected chi connectivity index (χ4v) is 2.50. The lowest BCUT2D eigenvalue weighted by atomic mass is 10.0. The molecule has 110 valence electrons. The first-order chi connectivity index (χ1) is 10.2. The number of hydrogen-bond acceptors (Lipinski definition) is 2. The Kier molecular flexibility index (Phi) is 6.27. The number of ether oxygens (including phenoxy) is 1. The molecule has 0 heterocycles. The molecule has 0 unspecified atom stereocenters. The third-order valence-electron chi connectivity index (χ3n) is 3.01. The van der Waals surface area contributed by atoms with Gasteiger partial charge in [0.25, 0.3) is 0 Å². The zero-order valence-electron chi connectivity index (χ0n) is 11.5. The zero-order chi connectivity index (χ0) is 15.1. The smallest absolute Gasteiger partial charge is 0.196 e. The predicted molar refractivity (Wildman–Crippen MR) is 89.8 cm³/mol. The molecule has 0 fully saturated rings. The third kappa shape index (κ3) is 4.58.